The van der Waals surface area contributed by atoms with Crippen LogP contribution >= 0.6 is 0 Å². The van der Waals surface area contributed by atoms with E-state index in [1.807, 2.05) is 0 Å². The summed E-state index contributed by atoms with van der Waals surface area (Å²) in [5.74, 6) is -0.256. The van der Waals surface area contributed by atoms with Crippen LogP contribution in [0.25, 0.3) is 0 Å². The quantitative estimate of drug-likeness (QED) is 0.796. The molecule has 0 aromatic carbocycles. The first-order valence-electron chi connectivity index (χ1n) is 5.98. The number of alkyl halides is 3. The summed E-state index contributed by atoms with van der Waals surface area (Å²) >= 11 is 0. The van der Waals surface area contributed by atoms with Crippen molar-refractivity contribution in [3.05, 3.63) is 0 Å². The third-order valence-electron chi connectivity index (χ3n) is 3.81. The van der Waals surface area contributed by atoms with Crippen LogP contribution in [0.3, 0.4) is 0 Å². The fraction of sp³-hybridized carbons (Fsp3) is 0.909. The minimum atomic E-state index is -4.19. The lowest BCUT2D eigenvalue weighted by atomic mass is 9.92. The molecule has 1 heterocycles. The summed E-state index contributed by atoms with van der Waals surface area (Å²) in [6.07, 6.45) is -2.37. The summed E-state index contributed by atoms with van der Waals surface area (Å²) in [4.78, 5) is 11.7. The van der Waals surface area contributed by atoms with Gasteiger partial charge in [0.1, 0.15) is 0 Å². The predicted octanol–water partition coefficient (Wildman–Crippen LogP) is 1.44. The van der Waals surface area contributed by atoms with Crippen molar-refractivity contribution in [1.29, 1.82) is 0 Å². The molecule has 1 aliphatic carbocycles. The molecule has 98 valence electrons. The van der Waals surface area contributed by atoms with E-state index in [1.165, 1.54) is 0 Å². The Labute approximate surface area is 98.1 Å². The molecule has 2 N–H and O–H groups in total. The van der Waals surface area contributed by atoms with E-state index in [-0.39, 0.29) is 23.8 Å². The number of piperidine rings is 1. The first-order chi connectivity index (χ1) is 7.93. The number of halogens is 3. The summed E-state index contributed by atoms with van der Waals surface area (Å²) in [5, 5.41) is 5.62. The van der Waals surface area contributed by atoms with Crippen molar-refractivity contribution in [2.45, 2.75) is 31.9 Å². The highest BCUT2D eigenvalue weighted by Gasteiger charge is 2.57. The average molecular weight is 250 g/mol. The molecule has 1 saturated heterocycles. The Morgan fingerprint density at radius 2 is 2.00 bits per heavy atom. The largest absolute Gasteiger partial charge is 0.390 e. The predicted molar refractivity (Wildman–Crippen MR) is 56.3 cm³/mol. The maximum atomic E-state index is 11.9. The van der Waals surface area contributed by atoms with Gasteiger partial charge in [0.2, 0.25) is 5.91 Å². The van der Waals surface area contributed by atoms with Gasteiger partial charge in [0.25, 0.3) is 0 Å². The van der Waals surface area contributed by atoms with Crippen molar-refractivity contribution >= 4 is 5.91 Å². The van der Waals surface area contributed by atoms with Crippen LogP contribution in [0, 0.1) is 11.3 Å². The summed E-state index contributed by atoms with van der Waals surface area (Å²) in [6.45, 7) is 1.52. The molecule has 6 heteroatoms. The molecule has 1 aliphatic heterocycles. The van der Waals surface area contributed by atoms with Crippen molar-refractivity contribution in [3.8, 4) is 0 Å². The highest BCUT2D eigenvalue weighted by molar-refractivity contribution is 5.82. The first-order valence-corrected chi connectivity index (χ1v) is 5.98. The molecule has 1 saturated carbocycles. The number of carbonyl (C=O) groups is 1. The van der Waals surface area contributed by atoms with E-state index in [0.29, 0.717) is 0 Å². The van der Waals surface area contributed by atoms with Crippen molar-refractivity contribution in [2.75, 3.05) is 19.6 Å². The third-order valence-corrected chi connectivity index (χ3v) is 3.81. The molecule has 2 aliphatic rings. The lowest BCUT2D eigenvalue weighted by Gasteiger charge is -2.23. The van der Waals surface area contributed by atoms with Crippen LogP contribution in [0.2, 0.25) is 0 Å². The van der Waals surface area contributed by atoms with Gasteiger partial charge in [-0.3, -0.25) is 4.79 Å². The third kappa shape index (κ3) is 3.12. The maximum Gasteiger partial charge on any atom is 0.390 e. The molecule has 0 bridgehead atoms. The molecule has 0 aromatic rings. The molecule has 1 unspecified atom stereocenters. The molecule has 1 atom stereocenters. The van der Waals surface area contributed by atoms with Gasteiger partial charge in [0.05, 0.1) is 6.42 Å². The SMILES string of the molecule is O=C(NCCC(F)(F)F)C1CC12CCNCC2. The molecule has 2 rings (SSSR count). The Morgan fingerprint density at radius 1 is 1.35 bits per heavy atom. The van der Waals surface area contributed by atoms with Gasteiger partial charge in [-0.15, -0.1) is 0 Å². The molecule has 1 amide bonds. The molecule has 17 heavy (non-hydrogen) atoms. The molecule has 2 fully saturated rings. The van der Waals surface area contributed by atoms with E-state index < -0.39 is 12.6 Å². The van der Waals surface area contributed by atoms with E-state index in [0.717, 1.165) is 32.4 Å². The zero-order valence-electron chi connectivity index (χ0n) is 9.57. The van der Waals surface area contributed by atoms with Gasteiger partial charge < -0.3 is 10.6 Å². The topological polar surface area (TPSA) is 41.1 Å². The summed E-state index contributed by atoms with van der Waals surface area (Å²) in [6, 6.07) is 0. The highest BCUT2D eigenvalue weighted by Crippen LogP contribution is 2.58. The Kier molecular flexibility index (Phi) is 3.34. The van der Waals surface area contributed by atoms with Gasteiger partial charge in [-0.05, 0) is 37.8 Å². The van der Waals surface area contributed by atoms with E-state index in [2.05, 4.69) is 10.6 Å². The summed E-state index contributed by atoms with van der Waals surface area (Å²) in [5.41, 5.74) is 0.0908. The second-order valence-corrected chi connectivity index (χ2v) is 5.03. The number of nitrogens with one attached hydrogen (secondary N) is 2. The summed E-state index contributed by atoms with van der Waals surface area (Å²) < 4.78 is 35.7. The molecule has 0 radical (unpaired) electrons. The molecule has 3 nitrogen and oxygen atoms in total. The zero-order valence-corrected chi connectivity index (χ0v) is 9.57. The van der Waals surface area contributed by atoms with E-state index in [9.17, 15) is 18.0 Å². The van der Waals surface area contributed by atoms with E-state index in [1.54, 1.807) is 0 Å². The smallest absolute Gasteiger partial charge is 0.356 e. The normalized spacial score (nSPS) is 26.9. The number of rotatable bonds is 3. The Hall–Kier alpha value is -0.780. The van der Waals surface area contributed by atoms with Crippen LogP contribution in [0.15, 0.2) is 0 Å². The van der Waals surface area contributed by atoms with E-state index >= 15 is 0 Å². The molecular formula is C11H17F3N2O. The average Bonchev–Trinajstić information content (AvgIpc) is 2.91. The van der Waals surface area contributed by atoms with Crippen LogP contribution in [-0.4, -0.2) is 31.7 Å². The summed E-state index contributed by atoms with van der Waals surface area (Å²) in [7, 11) is 0. The maximum absolute atomic E-state index is 11.9. The van der Waals surface area contributed by atoms with Gasteiger partial charge in [-0.2, -0.15) is 13.2 Å². The molecular weight excluding hydrogens is 233 g/mol. The number of hydrogen-bond donors (Lipinski definition) is 2. The van der Waals surface area contributed by atoms with Crippen molar-refractivity contribution in [2.24, 2.45) is 11.3 Å². The lowest BCUT2D eigenvalue weighted by molar-refractivity contribution is -0.136. The minimum absolute atomic E-state index is 0.0576. The van der Waals surface area contributed by atoms with Crippen molar-refractivity contribution in [3.63, 3.8) is 0 Å². The number of amides is 1. The van der Waals surface area contributed by atoms with Crippen LogP contribution < -0.4 is 10.6 Å². The number of hydrogen-bond acceptors (Lipinski definition) is 2. The van der Waals surface area contributed by atoms with Crippen LogP contribution in [-0.2, 0) is 4.79 Å². The van der Waals surface area contributed by atoms with Crippen molar-refractivity contribution < 1.29 is 18.0 Å². The monoisotopic (exact) mass is 250 g/mol. The Bertz CT molecular complexity index is 298. The van der Waals surface area contributed by atoms with Gasteiger partial charge in [-0.1, -0.05) is 0 Å². The van der Waals surface area contributed by atoms with Crippen LogP contribution in [0.4, 0.5) is 13.2 Å². The zero-order chi connectivity index (χ0) is 12.5. The van der Waals surface area contributed by atoms with Crippen molar-refractivity contribution in [1.82, 2.24) is 10.6 Å². The second-order valence-electron chi connectivity index (χ2n) is 5.03. The van der Waals surface area contributed by atoms with Gasteiger partial charge >= 0.3 is 6.18 Å². The van der Waals surface area contributed by atoms with Crippen LogP contribution in [0.1, 0.15) is 25.7 Å². The Morgan fingerprint density at radius 3 is 2.59 bits per heavy atom. The van der Waals surface area contributed by atoms with Crippen LogP contribution in [0.5, 0.6) is 0 Å². The fourth-order valence-corrected chi connectivity index (χ4v) is 2.65. The minimum Gasteiger partial charge on any atom is -0.356 e. The van der Waals surface area contributed by atoms with Gasteiger partial charge in [0, 0.05) is 12.5 Å². The number of carbonyl (C=O) groups excluding carboxylic acids is 1. The van der Waals surface area contributed by atoms with Gasteiger partial charge in [-0.25, -0.2) is 0 Å². The fourth-order valence-electron chi connectivity index (χ4n) is 2.65. The standard InChI is InChI=1S/C11H17F3N2O/c12-11(13,14)3-6-16-9(17)8-7-10(8)1-4-15-5-2-10/h8,15H,1-7H2,(H,16,17). The first kappa shape index (κ1) is 12.7. The molecule has 1 spiro atoms. The molecule has 0 aromatic heterocycles. The second kappa shape index (κ2) is 4.48. The Balaban J connectivity index is 1.71. The highest BCUT2D eigenvalue weighted by atomic mass is 19.4. The van der Waals surface area contributed by atoms with E-state index in [4.69, 9.17) is 0 Å². The lowest BCUT2D eigenvalue weighted by Crippen LogP contribution is -2.34. The van der Waals surface area contributed by atoms with Gasteiger partial charge in [0.15, 0.2) is 0 Å².